The Bertz CT molecular complexity index is 877. The van der Waals surface area contributed by atoms with Crippen LogP contribution in [0.3, 0.4) is 0 Å². The van der Waals surface area contributed by atoms with Crippen LogP contribution in [0.4, 0.5) is 15.8 Å². The number of pyridine rings is 1. The SMILES string of the molecule is CCc1ccccc1Nc1ccc(C(=O)NCc2ccc(F)cc2)nc1. The number of nitrogens with zero attached hydrogens (tertiary/aromatic N) is 1. The van der Waals surface area contributed by atoms with Crippen LogP contribution in [-0.4, -0.2) is 10.9 Å². The van der Waals surface area contributed by atoms with E-state index in [1.54, 1.807) is 24.4 Å². The second-order valence-electron chi connectivity index (χ2n) is 5.88. The molecular formula is C21H20FN3O. The van der Waals surface area contributed by atoms with Gasteiger partial charge in [0.15, 0.2) is 0 Å². The molecule has 0 bridgehead atoms. The van der Waals surface area contributed by atoms with Crippen LogP contribution >= 0.6 is 0 Å². The van der Waals surface area contributed by atoms with Gasteiger partial charge < -0.3 is 10.6 Å². The Kier molecular flexibility index (Phi) is 5.59. The zero-order chi connectivity index (χ0) is 18.4. The molecule has 0 aliphatic rings. The molecule has 0 unspecified atom stereocenters. The first-order valence-corrected chi connectivity index (χ1v) is 8.49. The topological polar surface area (TPSA) is 54.0 Å². The average Bonchev–Trinajstić information content (AvgIpc) is 2.68. The summed E-state index contributed by atoms with van der Waals surface area (Å²) in [6.45, 7) is 2.43. The molecular weight excluding hydrogens is 329 g/mol. The van der Waals surface area contributed by atoms with E-state index in [-0.39, 0.29) is 11.7 Å². The highest BCUT2D eigenvalue weighted by Gasteiger charge is 2.08. The number of nitrogens with one attached hydrogen (secondary N) is 2. The summed E-state index contributed by atoms with van der Waals surface area (Å²) >= 11 is 0. The molecule has 1 amide bonds. The van der Waals surface area contributed by atoms with Crippen molar-refractivity contribution in [3.63, 3.8) is 0 Å². The quantitative estimate of drug-likeness (QED) is 0.691. The number of carbonyl (C=O) groups is 1. The van der Waals surface area contributed by atoms with Crippen LogP contribution in [0.25, 0.3) is 0 Å². The van der Waals surface area contributed by atoms with Gasteiger partial charge in [0, 0.05) is 12.2 Å². The second kappa shape index (κ2) is 8.25. The normalized spacial score (nSPS) is 10.4. The van der Waals surface area contributed by atoms with Crippen LogP contribution in [0.1, 0.15) is 28.5 Å². The molecule has 3 aromatic rings. The zero-order valence-electron chi connectivity index (χ0n) is 14.5. The van der Waals surface area contributed by atoms with Gasteiger partial charge in [-0.3, -0.25) is 4.79 Å². The molecule has 5 heteroatoms. The van der Waals surface area contributed by atoms with E-state index in [0.29, 0.717) is 12.2 Å². The van der Waals surface area contributed by atoms with E-state index in [9.17, 15) is 9.18 Å². The summed E-state index contributed by atoms with van der Waals surface area (Å²) < 4.78 is 12.9. The maximum Gasteiger partial charge on any atom is 0.270 e. The summed E-state index contributed by atoms with van der Waals surface area (Å²) in [7, 11) is 0. The first-order chi connectivity index (χ1) is 12.7. The van der Waals surface area contributed by atoms with Crippen LogP contribution in [0.5, 0.6) is 0 Å². The summed E-state index contributed by atoms with van der Waals surface area (Å²) in [6, 6.07) is 17.6. The lowest BCUT2D eigenvalue weighted by Crippen LogP contribution is -2.23. The van der Waals surface area contributed by atoms with Crippen LogP contribution in [0.15, 0.2) is 66.9 Å². The smallest absolute Gasteiger partial charge is 0.270 e. The van der Waals surface area contributed by atoms with Crippen LogP contribution in [0, 0.1) is 5.82 Å². The van der Waals surface area contributed by atoms with Crippen molar-refractivity contribution in [1.82, 2.24) is 10.3 Å². The van der Waals surface area contributed by atoms with Gasteiger partial charge in [0.2, 0.25) is 0 Å². The first-order valence-electron chi connectivity index (χ1n) is 8.49. The molecule has 3 rings (SSSR count). The highest BCUT2D eigenvalue weighted by molar-refractivity contribution is 5.92. The number of carbonyl (C=O) groups excluding carboxylic acids is 1. The number of hydrogen-bond acceptors (Lipinski definition) is 3. The largest absolute Gasteiger partial charge is 0.354 e. The summed E-state index contributed by atoms with van der Waals surface area (Å²) in [6.07, 6.45) is 2.57. The van der Waals surface area contributed by atoms with Gasteiger partial charge in [-0.1, -0.05) is 37.3 Å². The van der Waals surface area contributed by atoms with Gasteiger partial charge in [-0.2, -0.15) is 0 Å². The number of anilines is 2. The number of aromatic nitrogens is 1. The van der Waals surface area contributed by atoms with Crippen LogP contribution in [-0.2, 0) is 13.0 Å². The van der Waals surface area contributed by atoms with Crippen molar-refractivity contribution in [3.8, 4) is 0 Å². The Balaban J connectivity index is 1.61. The Morgan fingerprint density at radius 1 is 1.04 bits per heavy atom. The lowest BCUT2D eigenvalue weighted by molar-refractivity contribution is 0.0946. The van der Waals surface area contributed by atoms with E-state index in [1.165, 1.54) is 17.7 Å². The number of aryl methyl sites for hydroxylation is 1. The molecule has 4 nitrogen and oxygen atoms in total. The number of para-hydroxylation sites is 1. The molecule has 0 aliphatic carbocycles. The van der Waals surface area contributed by atoms with Crippen LogP contribution < -0.4 is 10.6 Å². The lowest BCUT2D eigenvalue weighted by Gasteiger charge is -2.11. The first kappa shape index (κ1) is 17.6. The molecule has 0 atom stereocenters. The van der Waals surface area contributed by atoms with Gasteiger partial charge in [0.1, 0.15) is 11.5 Å². The van der Waals surface area contributed by atoms with E-state index in [1.807, 2.05) is 24.3 Å². The van der Waals surface area contributed by atoms with Crippen molar-refractivity contribution in [2.24, 2.45) is 0 Å². The Hall–Kier alpha value is -3.21. The van der Waals surface area contributed by atoms with Crippen molar-refractivity contribution in [2.75, 3.05) is 5.32 Å². The minimum atomic E-state index is -0.297. The van der Waals surface area contributed by atoms with E-state index in [2.05, 4.69) is 28.6 Å². The minimum absolute atomic E-state index is 0.269. The molecule has 0 fully saturated rings. The van der Waals surface area contributed by atoms with E-state index >= 15 is 0 Å². The van der Waals surface area contributed by atoms with E-state index in [0.717, 1.165) is 23.4 Å². The van der Waals surface area contributed by atoms with Crippen molar-refractivity contribution in [3.05, 3.63) is 89.5 Å². The monoisotopic (exact) mass is 349 g/mol. The third kappa shape index (κ3) is 4.45. The van der Waals surface area contributed by atoms with Gasteiger partial charge >= 0.3 is 0 Å². The minimum Gasteiger partial charge on any atom is -0.354 e. The molecule has 1 heterocycles. The molecule has 0 saturated carbocycles. The van der Waals surface area contributed by atoms with Gasteiger partial charge in [0.25, 0.3) is 5.91 Å². The maximum atomic E-state index is 12.9. The Labute approximate surface area is 152 Å². The van der Waals surface area contributed by atoms with E-state index < -0.39 is 0 Å². The van der Waals surface area contributed by atoms with Crippen molar-refractivity contribution in [1.29, 1.82) is 0 Å². The molecule has 0 radical (unpaired) electrons. The van der Waals surface area contributed by atoms with E-state index in [4.69, 9.17) is 0 Å². The number of benzene rings is 2. The molecule has 1 aromatic heterocycles. The number of hydrogen-bond donors (Lipinski definition) is 2. The maximum absolute atomic E-state index is 12.9. The number of amides is 1. The van der Waals surface area contributed by atoms with Crippen molar-refractivity contribution in [2.45, 2.75) is 19.9 Å². The van der Waals surface area contributed by atoms with Gasteiger partial charge in [-0.15, -0.1) is 0 Å². The van der Waals surface area contributed by atoms with Crippen LogP contribution in [0.2, 0.25) is 0 Å². The molecule has 26 heavy (non-hydrogen) atoms. The molecule has 0 spiro atoms. The Morgan fingerprint density at radius 3 is 2.50 bits per heavy atom. The average molecular weight is 349 g/mol. The van der Waals surface area contributed by atoms with Gasteiger partial charge in [0.05, 0.1) is 11.9 Å². The third-order valence-electron chi connectivity index (χ3n) is 4.04. The fraction of sp³-hybridized carbons (Fsp3) is 0.143. The summed E-state index contributed by atoms with van der Waals surface area (Å²) in [5.74, 6) is -0.565. The number of halogens is 1. The highest BCUT2D eigenvalue weighted by Crippen LogP contribution is 2.20. The summed E-state index contributed by atoms with van der Waals surface area (Å²) in [5, 5.41) is 6.10. The zero-order valence-corrected chi connectivity index (χ0v) is 14.5. The molecule has 132 valence electrons. The number of rotatable bonds is 6. The molecule has 2 N–H and O–H groups in total. The fourth-order valence-corrected chi connectivity index (χ4v) is 2.58. The summed E-state index contributed by atoms with van der Waals surface area (Å²) in [5.41, 5.74) is 4.23. The van der Waals surface area contributed by atoms with Crippen molar-refractivity contribution < 1.29 is 9.18 Å². The fourth-order valence-electron chi connectivity index (χ4n) is 2.58. The Morgan fingerprint density at radius 2 is 1.81 bits per heavy atom. The highest BCUT2D eigenvalue weighted by atomic mass is 19.1. The molecule has 0 aliphatic heterocycles. The second-order valence-corrected chi connectivity index (χ2v) is 5.88. The van der Waals surface area contributed by atoms with Gasteiger partial charge in [-0.25, -0.2) is 9.37 Å². The van der Waals surface area contributed by atoms with Gasteiger partial charge in [-0.05, 0) is 47.9 Å². The van der Waals surface area contributed by atoms with Crippen molar-refractivity contribution >= 4 is 17.3 Å². The predicted octanol–water partition coefficient (Wildman–Crippen LogP) is 4.46. The predicted molar refractivity (Wildman–Crippen MR) is 101 cm³/mol. The summed E-state index contributed by atoms with van der Waals surface area (Å²) in [4.78, 5) is 16.4. The third-order valence-corrected chi connectivity index (χ3v) is 4.04. The molecule has 2 aromatic carbocycles. The molecule has 0 saturated heterocycles. The standard InChI is InChI=1S/C21H20FN3O/c1-2-16-5-3-4-6-19(16)25-18-11-12-20(23-14-18)21(26)24-13-15-7-9-17(22)10-8-15/h3-12,14,25H,2,13H2,1H3,(H,24,26). The lowest BCUT2D eigenvalue weighted by atomic mass is 10.1.